The first-order valence-corrected chi connectivity index (χ1v) is 11.0. The molecular formula is C20H23N3O5S. The summed E-state index contributed by atoms with van der Waals surface area (Å²) >= 11 is 0. The van der Waals surface area contributed by atoms with Crippen molar-refractivity contribution < 1.29 is 22.7 Å². The molecule has 9 heteroatoms. The molecule has 8 nitrogen and oxygen atoms in total. The highest BCUT2D eigenvalue weighted by molar-refractivity contribution is 7.93. The van der Waals surface area contributed by atoms with Crippen LogP contribution in [0.4, 0.5) is 5.69 Å². The van der Waals surface area contributed by atoms with Crippen LogP contribution in [0.1, 0.15) is 30.1 Å². The van der Waals surface area contributed by atoms with Gasteiger partial charge in [-0.25, -0.2) is 8.42 Å². The smallest absolute Gasteiger partial charge is 0.246 e. The highest BCUT2D eigenvalue weighted by atomic mass is 32.2. The van der Waals surface area contributed by atoms with E-state index in [0.29, 0.717) is 36.6 Å². The molecule has 2 fully saturated rings. The van der Waals surface area contributed by atoms with Crippen molar-refractivity contribution in [2.24, 2.45) is 0 Å². The number of amides is 1. The fraction of sp³-hybridized carbons (Fsp3) is 0.400. The van der Waals surface area contributed by atoms with Gasteiger partial charge < -0.3 is 14.8 Å². The fourth-order valence-corrected chi connectivity index (χ4v) is 5.09. The van der Waals surface area contributed by atoms with Gasteiger partial charge in [0.05, 0.1) is 42.9 Å². The van der Waals surface area contributed by atoms with Crippen molar-refractivity contribution in [3.05, 3.63) is 53.9 Å². The van der Waals surface area contributed by atoms with Crippen molar-refractivity contribution in [3.8, 4) is 5.75 Å². The Morgan fingerprint density at radius 3 is 2.66 bits per heavy atom. The van der Waals surface area contributed by atoms with E-state index in [1.165, 1.54) is 4.31 Å². The molecular weight excluding hydrogens is 394 g/mol. The number of hydrogen-bond donors (Lipinski definition) is 1. The Morgan fingerprint density at radius 2 is 2.00 bits per heavy atom. The van der Waals surface area contributed by atoms with E-state index in [9.17, 15) is 13.2 Å². The molecule has 1 aromatic heterocycles. The van der Waals surface area contributed by atoms with Crippen LogP contribution in [-0.4, -0.2) is 44.9 Å². The highest BCUT2D eigenvalue weighted by Gasteiger charge is 2.40. The summed E-state index contributed by atoms with van der Waals surface area (Å²) in [5.74, 6) is 0.499. The molecule has 1 unspecified atom stereocenters. The van der Waals surface area contributed by atoms with Gasteiger partial charge in [-0.1, -0.05) is 12.1 Å². The Labute approximate surface area is 169 Å². The second-order valence-electron chi connectivity index (χ2n) is 7.17. The number of methoxy groups -OCH3 is 1. The number of aromatic nitrogens is 1. The molecule has 29 heavy (non-hydrogen) atoms. The lowest BCUT2D eigenvalue weighted by molar-refractivity contribution is -0.131. The van der Waals surface area contributed by atoms with Gasteiger partial charge in [-0.2, -0.15) is 0 Å². The van der Waals surface area contributed by atoms with Crippen LogP contribution in [0, 0.1) is 0 Å². The number of morpholine rings is 1. The van der Waals surface area contributed by atoms with Gasteiger partial charge in [0, 0.05) is 6.20 Å². The molecule has 1 aliphatic heterocycles. The zero-order valence-corrected chi connectivity index (χ0v) is 16.9. The van der Waals surface area contributed by atoms with Crippen LogP contribution in [0.5, 0.6) is 5.75 Å². The Balaban J connectivity index is 1.65. The maximum Gasteiger partial charge on any atom is 0.246 e. The number of nitrogens with one attached hydrogen (secondary N) is 1. The van der Waals surface area contributed by atoms with Gasteiger partial charge in [-0.15, -0.1) is 0 Å². The summed E-state index contributed by atoms with van der Waals surface area (Å²) in [5.41, 5.74) is 1.95. The summed E-state index contributed by atoms with van der Waals surface area (Å²) in [7, 11) is -1.91. The molecule has 2 heterocycles. The maximum absolute atomic E-state index is 13.1. The number of nitrogens with zero attached hydrogens (tertiary/aromatic N) is 2. The summed E-state index contributed by atoms with van der Waals surface area (Å²) in [5, 5.41) is 2.47. The number of anilines is 1. The van der Waals surface area contributed by atoms with E-state index in [1.807, 2.05) is 24.3 Å². The molecule has 1 saturated carbocycles. The van der Waals surface area contributed by atoms with E-state index >= 15 is 0 Å². The van der Waals surface area contributed by atoms with E-state index in [-0.39, 0.29) is 24.3 Å². The quantitative estimate of drug-likeness (QED) is 0.737. The van der Waals surface area contributed by atoms with Gasteiger partial charge in [-0.3, -0.25) is 14.1 Å². The second kappa shape index (κ2) is 8.00. The third-order valence-electron chi connectivity index (χ3n) is 5.00. The number of rotatable bonds is 7. The predicted octanol–water partition coefficient (Wildman–Crippen LogP) is 1.78. The number of pyridine rings is 1. The van der Waals surface area contributed by atoms with Gasteiger partial charge in [0.25, 0.3) is 0 Å². The minimum Gasteiger partial charge on any atom is -0.497 e. The minimum absolute atomic E-state index is 0.0237. The standard InChI is InChI=1S/C20H23N3O5S/c1-27-16-4-2-14(3-5-16)11-23(29(25,26)17-6-7-17)15-8-9-21-18(10-15)19-12-28-13-20(24)22-19/h2-5,8-10,17,19H,6-7,11-13H2,1H3,(H,22,24). The van der Waals surface area contributed by atoms with Gasteiger partial charge in [0.1, 0.15) is 12.4 Å². The molecule has 1 aromatic carbocycles. The SMILES string of the molecule is COc1ccc(CN(c2ccnc(C3COCC(=O)N3)c2)S(=O)(=O)C2CC2)cc1. The van der Waals surface area contributed by atoms with Crippen LogP contribution < -0.4 is 14.4 Å². The van der Waals surface area contributed by atoms with Crippen molar-refractivity contribution in [1.82, 2.24) is 10.3 Å². The zero-order chi connectivity index (χ0) is 20.4. The largest absolute Gasteiger partial charge is 0.497 e. The van der Waals surface area contributed by atoms with Gasteiger partial charge in [-0.05, 0) is 42.7 Å². The lowest BCUT2D eigenvalue weighted by Gasteiger charge is -2.27. The summed E-state index contributed by atoms with van der Waals surface area (Å²) in [6.45, 7) is 0.533. The first-order chi connectivity index (χ1) is 14.0. The highest BCUT2D eigenvalue weighted by Crippen LogP contribution is 2.35. The third-order valence-corrected chi connectivity index (χ3v) is 7.27. The molecule has 154 valence electrons. The topological polar surface area (TPSA) is 97.8 Å². The van der Waals surface area contributed by atoms with E-state index < -0.39 is 16.1 Å². The molecule has 1 saturated heterocycles. The summed E-state index contributed by atoms with van der Waals surface area (Å²) < 4.78 is 38.2. The van der Waals surface area contributed by atoms with E-state index in [1.54, 1.807) is 25.4 Å². The summed E-state index contributed by atoms with van der Waals surface area (Å²) in [6.07, 6.45) is 2.91. The molecule has 2 aliphatic rings. The summed E-state index contributed by atoms with van der Waals surface area (Å²) in [6, 6.07) is 10.3. The second-order valence-corrected chi connectivity index (χ2v) is 9.31. The summed E-state index contributed by atoms with van der Waals surface area (Å²) in [4.78, 5) is 16.0. The maximum atomic E-state index is 13.1. The Hall–Kier alpha value is -2.65. The third kappa shape index (κ3) is 4.35. The van der Waals surface area contributed by atoms with Crippen molar-refractivity contribution in [2.75, 3.05) is 24.6 Å². The van der Waals surface area contributed by atoms with E-state index in [4.69, 9.17) is 9.47 Å². The van der Waals surface area contributed by atoms with Gasteiger partial charge in [0.15, 0.2) is 0 Å². The van der Waals surface area contributed by atoms with E-state index in [2.05, 4.69) is 10.3 Å². The predicted molar refractivity (Wildman–Crippen MR) is 107 cm³/mol. The molecule has 2 aromatic rings. The Kier molecular flexibility index (Phi) is 5.42. The average Bonchev–Trinajstić information content (AvgIpc) is 3.58. The number of ether oxygens (including phenoxy) is 2. The lowest BCUT2D eigenvalue weighted by atomic mass is 10.1. The van der Waals surface area contributed by atoms with Crippen LogP contribution in [0.2, 0.25) is 0 Å². The first-order valence-electron chi connectivity index (χ1n) is 9.45. The van der Waals surface area contributed by atoms with Crippen LogP contribution in [0.3, 0.4) is 0 Å². The van der Waals surface area contributed by atoms with E-state index in [0.717, 1.165) is 5.56 Å². The number of benzene rings is 1. The van der Waals surface area contributed by atoms with Gasteiger partial charge in [0.2, 0.25) is 15.9 Å². The van der Waals surface area contributed by atoms with Crippen LogP contribution in [0.25, 0.3) is 0 Å². The molecule has 1 N–H and O–H groups in total. The molecule has 1 atom stereocenters. The molecule has 0 bridgehead atoms. The van der Waals surface area contributed by atoms with Gasteiger partial charge >= 0.3 is 0 Å². The lowest BCUT2D eigenvalue weighted by Crippen LogP contribution is -2.40. The van der Waals surface area contributed by atoms with Crippen molar-refractivity contribution in [3.63, 3.8) is 0 Å². The molecule has 0 spiro atoms. The molecule has 4 rings (SSSR count). The number of hydrogen-bond acceptors (Lipinski definition) is 6. The Bertz CT molecular complexity index is 989. The van der Waals surface area contributed by atoms with Crippen LogP contribution >= 0.6 is 0 Å². The molecule has 0 radical (unpaired) electrons. The fourth-order valence-electron chi connectivity index (χ4n) is 3.26. The average molecular weight is 417 g/mol. The molecule has 1 aliphatic carbocycles. The van der Waals surface area contributed by atoms with Crippen LogP contribution in [0.15, 0.2) is 42.6 Å². The first kappa shape index (κ1) is 19.7. The minimum atomic E-state index is -3.50. The Morgan fingerprint density at radius 1 is 1.24 bits per heavy atom. The van der Waals surface area contributed by atoms with Crippen molar-refractivity contribution in [1.29, 1.82) is 0 Å². The monoisotopic (exact) mass is 417 g/mol. The normalized spacial score (nSPS) is 19.5. The van der Waals surface area contributed by atoms with Crippen molar-refractivity contribution in [2.45, 2.75) is 30.7 Å². The zero-order valence-electron chi connectivity index (χ0n) is 16.1. The number of carbonyl (C=O) groups excluding carboxylic acids is 1. The molecule has 1 amide bonds. The van der Waals surface area contributed by atoms with Crippen molar-refractivity contribution >= 4 is 21.6 Å². The van der Waals surface area contributed by atoms with Crippen LogP contribution in [-0.2, 0) is 26.1 Å². The number of sulfonamides is 1. The number of carbonyl (C=O) groups is 1.